The van der Waals surface area contributed by atoms with Gasteiger partial charge >= 0.3 is 0 Å². The van der Waals surface area contributed by atoms with E-state index in [0.29, 0.717) is 22.5 Å². The van der Waals surface area contributed by atoms with Crippen molar-refractivity contribution in [2.75, 3.05) is 4.90 Å². The van der Waals surface area contributed by atoms with Crippen LogP contribution in [0.3, 0.4) is 0 Å². The summed E-state index contributed by atoms with van der Waals surface area (Å²) in [5.41, 5.74) is 0.814. The highest BCUT2D eigenvalue weighted by Crippen LogP contribution is 2.32. The lowest BCUT2D eigenvalue weighted by Gasteiger charge is -2.16. The van der Waals surface area contributed by atoms with Crippen LogP contribution in [0.15, 0.2) is 64.6 Å². The normalized spacial score (nSPS) is 11.4. The van der Waals surface area contributed by atoms with Crippen LogP contribution in [0, 0.1) is 0 Å². The molecule has 0 fully saturated rings. The van der Waals surface area contributed by atoms with E-state index in [1.165, 1.54) is 11.3 Å². The number of hydrogen-bond donors (Lipinski definition) is 0. The Morgan fingerprint density at radius 3 is 2.96 bits per heavy atom. The molecule has 0 radical (unpaired) electrons. The van der Waals surface area contributed by atoms with Gasteiger partial charge in [0.2, 0.25) is 0 Å². The Kier molecular flexibility index (Phi) is 4.88. The summed E-state index contributed by atoms with van der Waals surface area (Å²) in [4.78, 5) is 20.1. The smallest absolute Gasteiger partial charge is 0.253 e. The summed E-state index contributed by atoms with van der Waals surface area (Å²) in [6, 6.07) is 13.1. The van der Waals surface area contributed by atoms with Gasteiger partial charge in [0.25, 0.3) is 5.91 Å². The van der Waals surface area contributed by atoms with Gasteiger partial charge in [0.15, 0.2) is 5.13 Å². The summed E-state index contributed by atoms with van der Waals surface area (Å²) in [7, 11) is 0. The number of benzene rings is 1. The average Bonchev–Trinajstić information content (AvgIpc) is 3.38. The minimum Gasteiger partial charge on any atom is -0.467 e. The summed E-state index contributed by atoms with van der Waals surface area (Å²) in [5, 5.41) is 3.23. The van der Waals surface area contributed by atoms with E-state index in [9.17, 15) is 4.79 Å². The first kappa shape index (κ1) is 17.0. The number of amides is 1. The van der Waals surface area contributed by atoms with Crippen molar-refractivity contribution in [2.24, 2.45) is 0 Å². The number of aromatic nitrogens is 1. The maximum Gasteiger partial charge on any atom is 0.253 e. The number of hydrogen-bond acceptors (Lipinski definition) is 5. The Balaban J connectivity index is 1.68. The van der Waals surface area contributed by atoms with E-state index in [1.54, 1.807) is 40.7 Å². The molecule has 0 unspecified atom stereocenters. The number of carbonyl (C=O) groups is 1. The molecule has 0 aliphatic carbocycles. The highest BCUT2D eigenvalue weighted by Gasteiger charge is 2.19. The second-order valence-corrected chi connectivity index (χ2v) is 7.89. The lowest BCUT2D eigenvalue weighted by atomic mass is 10.3. The zero-order valence-corrected chi connectivity index (χ0v) is 15.9. The first-order valence-corrected chi connectivity index (χ1v) is 9.88. The molecule has 0 atom stereocenters. The van der Waals surface area contributed by atoms with E-state index in [2.05, 4.69) is 4.98 Å². The van der Waals surface area contributed by atoms with Crippen molar-refractivity contribution in [1.82, 2.24) is 4.98 Å². The van der Waals surface area contributed by atoms with E-state index in [0.717, 1.165) is 15.1 Å². The maximum atomic E-state index is 12.9. The SMILES string of the molecule is O=C(/C=C/c1cccs1)N(Cc1ccco1)c1nc2ccc(Cl)cc2s1. The van der Waals surface area contributed by atoms with E-state index in [-0.39, 0.29) is 5.91 Å². The van der Waals surface area contributed by atoms with Crippen molar-refractivity contribution in [1.29, 1.82) is 0 Å². The summed E-state index contributed by atoms with van der Waals surface area (Å²) in [6.07, 6.45) is 4.97. The van der Waals surface area contributed by atoms with Gasteiger partial charge in [-0.1, -0.05) is 29.0 Å². The van der Waals surface area contributed by atoms with Crippen LogP contribution in [-0.4, -0.2) is 10.9 Å². The first-order valence-electron chi connectivity index (χ1n) is 7.80. The van der Waals surface area contributed by atoms with E-state index in [1.807, 2.05) is 41.8 Å². The largest absolute Gasteiger partial charge is 0.467 e. The lowest BCUT2D eigenvalue weighted by Crippen LogP contribution is -2.28. The van der Waals surface area contributed by atoms with Crippen molar-refractivity contribution in [3.63, 3.8) is 0 Å². The number of halogens is 1. The molecule has 0 saturated heterocycles. The quantitative estimate of drug-likeness (QED) is 0.395. The minimum atomic E-state index is -0.153. The third kappa shape index (κ3) is 3.72. The van der Waals surface area contributed by atoms with Crippen LogP contribution in [0.5, 0.6) is 0 Å². The van der Waals surface area contributed by atoms with Gasteiger partial charge < -0.3 is 4.42 Å². The Morgan fingerprint density at radius 1 is 1.27 bits per heavy atom. The molecule has 1 amide bonds. The first-order chi connectivity index (χ1) is 12.7. The second-order valence-electron chi connectivity index (χ2n) is 5.46. The summed E-state index contributed by atoms with van der Waals surface area (Å²) in [6.45, 7) is 0.314. The molecule has 7 heteroatoms. The number of carbonyl (C=O) groups excluding carboxylic acids is 1. The Hall–Kier alpha value is -2.41. The highest BCUT2D eigenvalue weighted by atomic mass is 35.5. The number of anilines is 1. The highest BCUT2D eigenvalue weighted by molar-refractivity contribution is 7.22. The number of fused-ring (bicyclic) bond motifs is 1. The van der Waals surface area contributed by atoms with Crippen LogP contribution in [0.1, 0.15) is 10.6 Å². The number of nitrogens with zero attached hydrogens (tertiary/aromatic N) is 2. The standard InChI is InChI=1S/C19H13ClN2O2S2/c20-13-5-7-16-17(11-13)26-19(21-16)22(12-14-3-1-9-24-14)18(23)8-6-15-4-2-10-25-15/h1-11H,12H2/b8-6+. The topological polar surface area (TPSA) is 46.3 Å². The fourth-order valence-electron chi connectivity index (χ4n) is 2.43. The van der Waals surface area contributed by atoms with Gasteiger partial charge in [-0.3, -0.25) is 9.69 Å². The van der Waals surface area contributed by atoms with Crippen molar-refractivity contribution in [2.45, 2.75) is 6.54 Å². The maximum absolute atomic E-state index is 12.9. The van der Waals surface area contributed by atoms with Gasteiger partial charge in [-0.05, 0) is 47.9 Å². The van der Waals surface area contributed by atoms with Crippen LogP contribution >= 0.6 is 34.3 Å². The van der Waals surface area contributed by atoms with Gasteiger partial charge in [-0.15, -0.1) is 11.3 Å². The molecule has 3 heterocycles. The van der Waals surface area contributed by atoms with Crippen LogP contribution < -0.4 is 4.90 Å². The third-order valence-electron chi connectivity index (χ3n) is 3.66. The Morgan fingerprint density at radius 2 is 2.19 bits per heavy atom. The summed E-state index contributed by atoms with van der Waals surface area (Å²) < 4.78 is 6.36. The molecule has 0 aliphatic rings. The van der Waals surface area contributed by atoms with E-state index in [4.69, 9.17) is 16.0 Å². The lowest BCUT2D eigenvalue weighted by molar-refractivity contribution is -0.114. The number of thiazole rings is 1. The zero-order chi connectivity index (χ0) is 17.9. The Labute approximate surface area is 163 Å². The van der Waals surface area contributed by atoms with Crippen LogP contribution in [0.25, 0.3) is 16.3 Å². The van der Waals surface area contributed by atoms with Crippen molar-refractivity contribution in [3.8, 4) is 0 Å². The van der Waals surface area contributed by atoms with Crippen LogP contribution in [-0.2, 0) is 11.3 Å². The fraction of sp³-hybridized carbons (Fsp3) is 0.0526. The predicted octanol–water partition coefficient (Wildman–Crippen LogP) is 5.85. The molecule has 4 nitrogen and oxygen atoms in total. The molecule has 0 spiro atoms. The molecule has 4 rings (SSSR count). The average molecular weight is 401 g/mol. The molecule has 0 bridgehead atoms. The molecule has 130 valence electrons. The minimum absolute atomic E-state index is 0.153. The molecule has 0 N–H and O–H groups in total. The number of thiophene rings is 1. The summed E-state index contributed by atoms with van der Waals surface area (Å²) in [5.74, 6) is 0.542. The van der Waals surface area contributed by atoms with Crippen molar-refractivity contribution < 1.29 is 9.21 Å². The van der Waals surface area contributed by atoms with Gasteiger partial charge in [-0.2, -0.15) is 0 Å². The third-order valence-corrected chi connectivity index (χ3v) is 5.78. The summed E-state index contributed by atoms with van der Waals surface area (Å²) >= 11 is 9.07. The van der Waals surface area contributed by atoms with Crippen LogP contribution in [0.4, 0.5) is 5.13 Å². The molecule has 0 saturated carbocycles. The molecular formula is C19H13ClN2O2S2. The van der Waals surface area contributed by atoms with Crippen molar-refractivity contribution in [3.05, 3.63) is 75.8 Å². The Bertz CT molecular complexity index is 1050. The van der Waals surface area contributed by atoms with E-state index < -0.39 is 0 Å². The number of furan rings is 1. The van der Waals surface area contributed by atoms with Gasteiger partial charge in [0, 0.05) is 16.0 Å². The van der Waals surface area contributed by atoms with E-state index >= 15 is 0 Å². The van der Waals surface area contributed by atoms with Crippen LogP contribution in [0.2, 0.25) is 5.02 Å². The fourth-order valence-corrected chi connectivity index (χ4v) is 4.29. The second kappa shape index (κ2) is 7.45. The van der Waals surface area contributed by atoms with Gasteiger partial charge in [0.05, 0.1) is 23.0 Å². The van der Waals surface area contributed by atoms with Gasteiger partial charge in [-0.25, -0.2) is 4.98 Å². The molecule has 3 aromatic heterocycles. The molecule has 26 heavy (non-hydrogen) atoms. The molecular weight excluding hydrogens is 388 g/mol. The van der Waals surface area contributed by atoms with Gasteiger partial charge in [0.1, 0.15) is 5.76 Å². The predicted molar refractivity (Wildman–Crippen MR) is 108 cm³/mol. The number of rotatable bonds is 5. The molecule has 4 aromatic rings. The van der Waals surface area contributed by atoms with Crippen molar-refractivity contribution >= 4 is 61.6 Å². The monoisotopic (exact) mass is 400 g/mol. The zero-order valence-electron chi connectivity index (χ0n) is 13.5. The molecule has 1 aromatic carbocycles. The molecule has 0 aliphatic heterocycles.